The van der Waals surface area contributed by atoms with Crippen LogP contribution in [0.3, 0.4) is 0 Å². The van der Waals surface area contributed by atoms with Gasteiger partial charge in [0.1, 0.15) is 0 Å². The standard InChI is InChI=1S/C8H12O6/c1-3-12-6(2)13-14-8(11)5-4-7(9)10/h4-6H,3H2,1-2H3,(H,9,10)/b5-4-. The van der Waals surface area contributed by atoms with Gasteiger partial charge < -0.3 is 9.84 Å². The summed E-state index contributed by atoms with van der Waals surface area (Å²) < 4.78 is 4.88. The number of carbonyl (C=O) groups excluding carboxylic acids is 1. The monoisotopic (exact) mass is 204 g/mol. The molecule has 0 aliphatic carbocycles. The van der Waals surface area contributed by atoms with Crippen LogP contribution in [0.15, 0.2) is 12.2 Å². The van der Waals surface area contributed by atoms with Crippen LogP contribution in [-0.4, -0.2) is 29.9 Å². The van der Waals surface area contributed by atoms with Gasteiger partial charge in [-0.3, -0.25) is 4.89 Å². The third-order valence-corrected chi connectivity index (χ3v) is 1.03. The Bertz CT molecular complexity index is 222. The van der Waals surface area contributed by atoms with E-state index in [2.05, 4.69) is 9.78 Å². The van der Waals surface area contributed by atoms with Crippen LogP contribution in [0.2, 0.25) is 0 Å². The molecule has 0 aromatic heterocycles. The lowest BCUT2D eigenvalue weighted by Gasteiger charge is -2.09. The predicted octanol–water partition coefficient (Wildman–Crippen LogP) is 0.484. The lowest BCUT2D eigenvalue weighted by molar-refractivity contribution is -0.343. The molecule has 14 heavy (non-hydrogen) atoms. The molecular weight excluding hydrogens is 192 g/mol. The molecule has 0 rings (SSSR count). The largest absolute Gasteiger partial charge is 0.478 e. The summed E-state index contributed by atoms with van der Waals surface area (Å²) in [5, 5.41) is 8.16. The molecule has 0 aromatic carbocycles. The maximum Gasteiger partial charge on any atom is 0.366 e. The van der Waals surface area contributed by atoms with Crippen molar-refractivity contribution in [1.29, 1.82) is 0 Å². The second kappa shape index (κ2) is 7.05. The van der Waals surface area contributed by atoms with E-state index in [1.165, 1.54) is 6.92 Å². The van der Waals surface area contributed by atoms with Crippen LogP contribution >= 0.6 is 0 Å². The number of carboxylic acid groups (broad SMARTS) is 1. The van der Waals surface area contributed by atoms with Crippen LogP contribution in [0.1, 0.15) is 13.8 Å². The zero-order valence-corrected chi connectivity index (χ0v) is 7.93. The summed E-state index contributed by atoms with van der Waals surface area (Å²) >= 11 is 0. The first kappa shape index (κ1) is 12.6. The quantitative estimate of drug-likeness (QED) is 0.293. The lowest BCUT2D eigenvalue weighted by Crippen LogP contribution is -2.15. The molecule has 0 amide bonds. The molecule has 0 heterocycles. The topological polar surface area (TPSA) is 82.1 Å². The Morgan fingerprint density at radius 1 is 1.43 bits per heavy atom. The third-order valence-electron chi connectivity index (χ3n) is 1.03. The van der Waals surface area contributed by atoms with Crippen molar-refractivity contribution in [2.75, 3.05) is 6.61 Å². The van der Waals surface area contributed by atoms with Crippen LogP contribution in [0.25, 0.3) is 0 Å². The SMILES string of the molecule is CCOC(C)OOC(=O)/C=C\C(=O)O. The normalized spacial score (nSPS) is 12.7. The number of rotatable bonds is 6. The average Bonchev–Trinajstić information content (AvgIpc) is 2.12. The molecule has 80 valence electrons. The summed E-state index contributed by atoms with van der Waals surface area (Å²) in [4.78, 5) is 29.3. The van der Waals surface area contributed by atoms with Gasteiger partial charge in [-0.1, -0.05) is 0 Å². The average molecular weight is 204 g/mol. The second-order valence-corrected chi connectivity index (χ2v) is 2.19. The fourth-order valence-electron chi connectivity index (χ4n) is 0.545. The summed E-state index contributed by atoms with van der Waals surface area (Å²) in [6.07, 6.45) is 0.708. The summed E-state index contributed by atoms with van der Waals surface area (Å²) in [6.45, 7) is 3.72. The van der Waals surface area contributed by atoms with Gasteiger partial charge in [0.05, 0.1) is 0 Å². The zero-order valence-electron chi connectivity index (χ0n) is 7.93. The number of ether oxygens (including phenoxy) is 1. The van der Waals surface area contributed by atoms with Gasteiger partial charge in [0, 0.05) is 18.8 Å². The molecule has 1 atom stereocenters. The Labute approximate surface area is 81.0 Å². The van der Waals surface area contributed by atoms with E-state index < -0.39 is 18.2 Å². The minimum absolute atomic E-state index is 0.420. The Morgan fingerprint density at radius 3 is 2.57 bits per heavy atom. The smallest absolute Gasteiger partial charge is 0.366 e. The molecular formula is C8H12O6. The minimum Gasteiger partial charge on any atom is -0.478 e. The number of aliphatic carboxylic acids is 1. The van der Waals surface area contributed by atoms with Crippen molar-refractivity contribution in [2.45, 2.75) is 20.1 Å². The highest BCUT2D eigenvalue weighted by atomic mass is 17.2. The Kier molecular flexibility index (Phi) is 6.34. The minimum atomic E-state index is -1.24. The molecule has 1 N–H and O–H groups in total. The number of carboxylic acids is 1. The predicted molar refractivity (Wildman–Crippen MR) is 45.0 cm³/mol. The van der Waals surface area contributed by atoms with E-state index in [0.29, 0.717) is 12.7 Å². The molecule has 0 radical (unpaired) electrons. The molecule has 0 saturated heterocycles. The van der Waals surface area contributed by atoms with Crippen molar-refractivity contribution in [3.05, 3.63) is 12.2 Å². The summed E-state index contributed by atoms with van der Waals surface area (Å²) in [5.74, 6) is -2.14. The van der Waals surface area contributed by atoms with Crippen LogP contribution in [0.4, 0.5) is 0 Å². The van der Waals surface area contributed by atoms with Crippen LogP contribution < -0.4 is 0 Å². The van der Waals surface area contributed by atoms with Crippen molar-refractivity contribution in [2.24, 2.45) is 0 Å². The number of carbonyl (C=O) groups is 2. The van der Waals surface area contributed by atoms with Gasteiger partial charge in [-0.15, -0.1) is 0 Å². The number of hydrogen-bond donors (Lipinski definition) is 1. The highest BCUT2D eigenvalue weighted by Crippen LogP contribution is 1.94. The highest BCUT2D eigenvalue weighted by molar-refractivity contribution is 5.90. The molecule has 0 fully saturated rings. The molecule has 0 bridgehead atoms. The van der Waals surface area contributed by atoms with E-state index in [4.69, 9.17) is 9.84 Å². The number of hydrogen-bond acceptors (Lipinski definition) is 5. The molecule has 0 saturated carbocycles. The second-order valence-electron chi connectivity index (χ2n) is 2.19. The molecule has 6 heteroatoms. The van der Waals surface area contributed by atoms with Crippen molar-refractivity contribution < 1.29 is 29.2 Å². The van der Waals surface area contributed by atoms with Crippen molar-refractivity contribution in [3.8, 4) is 0 Å². The van der Waals surface area contributed by atoms with Gasteiger partial charge in [0.25, 0.3) is 0 Å². The molecule has 0 aliphatic heterocycles. The van der Waals surface area contributed by atoms with E-state index in [9.17, 15) is 9.59 Å². The Morgan fingerprint density at radius 2 is 2.07 bits per heavy atom. The lowest BCUT2D eigenvalue weighted by atomic mass is 10.5. The van der Waals surface area contributed by atoms with Crippen LogP contribution in [0, 0.1) is 0 Å². The van der Waals surface area contributed by atoms with Gasteiger partial charge in [0.15, 0.2) is 6.29 Å². The summed E-state index contributed by atoms with van der Waals surface area (Å²) in [5.41, 5.74) is 0. The zero-order chi connectivity index (χ0) is 11.0. The molecule has 0 aliphatic rings. The maximum absolute atomic E-state index is 10.7. The van der Waals surface area contributed by atoms with Crippen molar-refractivity contribution in [1.82, 2.24) is 0 Å². The first-order valence-corrected chi connectivity index (χ1v) is 3.96. The van der Waals surface area contributed by atoms with Gasteiger partial charge in [-0.05, 0) is 13.8 Å². The Balaban J connectivity index is 3.68. The van der Waals surface area contributed by atoms with E-state index >= 15 is 0 Å². The third kappa shape index (κ3) is 7.26. The molecule has 1 unspecified atom stereocenters. The van der Waals surface area contributed by atoms with Crippen molar-refractivity contribution in [3.63, 3.8) is 0 Å². The van der Waals surface area contributed by atoms with Crippen molar-refractivity contribution >= 4 is 11.9 Å². The van der Waals surface area contributed by atoms with Gasteiger partial charge in [0.2, 0.25) is 0 Å². The fraction of sp³-hybridized carbons (Fsp3) is 0.500. The van der Waals surface area contributed by atoms with Gasteiger partial charge in [-0.25, -0.2) is 9.59 Å². The maximum atomic E-state index is 10.7. The van der Waals surface area contributed by atoms with Crippen LogP contribution in [0.5, 0.6) is 0 Å². The van der Waals surface area contributed by atoms with E-state index in [1.54, 1.807) is 6.92 Å². The summed E-state index contributed by atoms with van der Waals surface area (Å²) in [7, 11) is 0. The Hall–Kier alpha value is -1.40. The summed E-state index contributed by atoms with van der Waals surface area (Å²) in [6, 6.07) is 0. The highest BCUT2D eigenvalue weighted by Gasteiger charge is 2.05. The van der Waals surface area contributed by atoms with Gasteiger partial charge >= 0.3 is 11.9 Å². The first-order valence-electron chi connectivity index (χ1n) is 3.96. The van der Waals surface area contributed by atoms with Gasteiger partial charge in [-0.2, -0.15) is 4.89 Å². The van der Waals surface area contributed by atoms with E-state index in [-0.39, 0.29) is 0 Å². The van der Waals surface area contributed by atoms with E-state index in [1.807, 2.05) is 0 Å². The first-order chi connectivity index (χ1) is 6.56. The fourth-order valence-corrected chi connectivity index (χ4v) is 0.545. The molecule has 0 aromatic rings. The molecule has 0 spiro atoms. The van der Waals surface area contributed by atoms with E-state index in [0.717, 1.165) is 6.08 Å². The molecule has 6 nitrogen and oxygen atoms in total. The van der Waals surface area contributed by atoms with Crippen LogP contribution in [-0.2, 0) is 24.1 Å².